The SMILES string of the molecule is CCCCC[CH]COc1ccccc1. The molecule has 0 unspecified atom stereocenters. The van der Waals surface area contributed by atoms with Crippen molar-refractivity contribution in [3.8, 4) is 5.75 Å². The van der Waals surface area contributed by atoms with Gasteiger partial charge in [-0.1, -0.05) is 44.4 Å². The predicted molar refractivity (Wildman–Crippen MR) is 60.4 cm³/mol. The van der Waals surface area contributed by atoms with E-state index in [-0.39, 0.29) is 0 Å². The van der Waals surface area contributed by atoms with E-state index in [0.29, 0.717) is 0 Å². The lowest BCUT2D eigenvalue weighted by Gasteiger charge is -2.04. The standard InChI is InChI=1S/C13H19O/c1-2-3-4-5-9-12-14-13-10-7-6-8-11-13/h6-11H,2-5,12H2,1H3. The molecule has 0 N–H and O–H groups in total. The third-order valence-electron chi connectivity index (χ3n) is 2.12. The molecule has 0 atom stereocenters. The van der Waals surface area contributed by atoms with E-state index in [1.807, 2.05) is 30.3 Å². The lowest BCUT2D eigenvalue weighted by atomic mass is 10.2. The molecule has 1 radical (unpaired) electrons. The van der Waals surface area contributed by atoms with Gasteiger partial charge >= 0.3 is 0 Å². The van der Waals surface area contributed by atoms with Crippen molar-refractivity contribution in [3.05, 3.63) is 36.8 Å². The van der Waals surface area contributed by atoms with E-state index in [2.05, 4.69) is 13.3 Å². The number of hydrogen-bond donors (Lipinski definition) is 0. The fourth-order valence-corrected chi connectivity index (χ4v) is 1.29. The van der Waals surface area contributed by atoms with Gasteiger partial charge in [0.2, 0.25) is 0 Å². The molecule has 1 heteroatoms. The van der Waals surface area contributed by atoms with E-state index < -0.39 is 0 Å². The van der Waals surface area contributed by atoms with Crippen LogP contribution in [0.5, 0.6) is 5.75 Å². The topological polar surface area (TPSA) is 9.23 Å². The van der Waals surface area contributed by atoms with Crippen LogP contribution in [0, 0.1) is 6.42 Å². The largest absolute Gasteiger partial charge is 0.493 e. The zero-order chi connectivity index (χ0) is 10.1. The van der Waals surface area contributed by atoms with Crippen molar-refractivity contribution >= 4 is 0 Å². The Morgan fingerprint density at radius 2 is 1.93 bits per heavy atom. The highest BCUT2D eigenvalue weighted by Gasteiger charge is 1.92. The van der Waals surface area contributed by atoms with E-state index >= 15 is 0 Å². The van der Waals surface area contributed by atoms with Crippen LogP contribution >= 0.6 is 0 Å². The summed E-state index contributed by atoms with van der Waals surface area (Å²) in [6.45, 7) is 2.95. The molecule has 0 spiro atoms. The maximum atomic E-state index is 5.53. The van der Waals surface area contributed by atoms with Crippen LogP contribution in [0.3, 0.4) is 0 Å². The summed E-state index contributed by atoms with van der Waals surface area (Å²) in [7, 11) is 0. The first-order valence-electron chi connectivity index (χ1n) is 5.43. The van der Waals surface area contributed by atoms with Crippen LogP contribution in [0.1, 0.15) is 32.6 Å². The van der Waals surface area contributed by atoms with Crippen molar-refractivity contribution in [1.82, 2.24) is 0 Å². The van der Waals surface area contributed by atoms with E-state index in [0.717, 1.165) is 12.4 Å². The lowest BCUT2D eigenvalue weighted by Crippen LogP contribution is -1.97. The van der Waals surface area contributed by atoms with Gasteiger partial charge < -0.3 is 4.74 Å². The molecule has 0 saturated heterocycles. The molecule has 0 saturated carbocycles. The maximum absolute atomic E-state index is 5.53. The number of unbranched alkanes of at least 4 members (excludes halogenated alkanes) is 4. The number of rotatable bonds is 7. The van der Waals surface area contributed by atoms with E-state index in [4.69, 9.17) is 4.74 Å². The molecule has 1 aromatic carbocycles. The molecule has 0 aliphatic carbocycles. The van der Waals surface area contributed by atoms with Crippen molar-refractivity contribution in [2.24, 2.45) is 0 Å². The van der Waals surface area contributed by atoms with Gasteiger partial charge in [-0.15, -0.1) is 0 Å². The van der Waals surface area contributed by atoms with Gasteiger partial charge in [0.1, 0.15) is 5.75 Å². The Kier molecular flexibility index (Phi) is 5.89. The third kappa shape index (κ3) is 4.90. The first-order chi connectivity index (χ1) is 6.93. The molecule has 0 aliphatic rings. The van der Waals surface area contributed by atoms with Crippen LogP contribution in [0.4, 0.5) is 0 Å². The Bertz CT molecular complexity index is 218. The molecule has 0 bridgehead atoms. The zero-order valence-electron chi connectivity index (χ0n) is 8.91. The fraction of sp³-hybridized carbons (Fsp3) is 0.462. The highest BCUT2D eigenvalue weighted by Crippen LogP contribution is 2.09. The molecule has 0 aromatic heterocycles. The predicted octanol–water partition coefficient (Wildman–Crippen LogP) is 3.85. The van der Waals surface area contributed by atoms with Crippen molar-refractivity contribution in [2.75, 3.05) is 6.61 Å². The Morgan fingerprint density at radius 3 is 2.64 bits per heavy atom. The number of para-hydroxylation sites is 1. The second-order valence-electron chi connectivity index (χ2n) is 3.41. The quantitative estimate of drug-likeness (QED) is 0.595. The Morgan fingerprint density at radius 1 is 1.14 bits per heavy atom. The first kappa shape index (κ1) is 11.1. The van der Waals surface area contributed by atoms with E-state index in [1.54, 1.807) is 0 Å². The molecule has 14 heavy (non-hydrogen) atoms. The molecule has 0 heterocycles. The van der Waals surface area contributed by atoms with Gasteiger partial charge in [-0.2, -0.15) is 0 Å². The maximum Gasteiger partial charge on any atom is 0.119 e. The Labute approximate surface area is 87.1 Å². The van der Waals surface area contributed by atoms with Crippen molar-refractivity contribution in [1.29, 1.82) is 0 Å². The van der Waals surface area contributed by atoms with Crippen LogP contribution < -0.4 is 4.74 Å². The van der Waals surface area contributed by atoms with Crippen LogP contribution in [0.15, 0.2) is 30.3 Å². The number of ether oxygens (including phenoxy) is 1. The molecule has 0 aliphatic heterocycles. The Balaban J connectivity index is 1.99. The summed E-state index contributed by atoms with van der Waals surface area (Å²) in [4.78, 5) is 0. The van der Waals surface area contributed by atoms with Crippen molar-refractivity contribution in [2.45, 2.75) is 32.6 Å². The average molecular weight is 191 g/mol. The minimum Gasteiger partial charge on any atom is -0.493 e. The summed E-state index contributed by atoms with van der Waals surface area (Å²) in [6, 6.07) is 9.95. The second kappa shape index (κ2) is 7.43. The molecule has 1 aromatic rings. The lowest BCUT2D eigenvalue weighted by molar-refractivity contribution is 0.343. The van der Waals surface area contributed by atoms with Gasteiger partial charge in [-0.25, -0.2) is 0 Å². The summed E-state index contributed by atoms with van der Waals surface area (Å²) < 4.78 is 5.53. The average Bonchev–Trinajstić information content (AvgIpc) is 2.25. The van der Waals surface area contributed by atoms with Gasteiger partial charge in [-0.05, 0) is 25.0 Å². The smallest absolute Gasteiger partial charge is 0.119 e. The number of benzene rings is 1. The van der Waals surface area contributed by atoms with Crippen molar-refractivity contribution < 1.29 is 4.74 Å². The fourth-order valence-electron chi connectivity index (χ4n) is 1.29. The monoisotopic (exact) mass is 191 g/mol. The molecular weight excluding hydrogens is 172 g/mol. The second-order valence-corrected chi connectivity index (χ2v) is 3.41. The molecule has 1 rings (SSSR count). The number of hydrogen-bond acceptors (Lipinski definition) is 1. The Hall–Kier alpha value is -0.980. The van der Waals surface area contributed by atoms with Crippen molar-refractivity contribution in [3.63, 3.8) is 0 Å². The van der Waals surface area contributed by atoms with Gasteiger partial charge in [-0.3, -0.25) is 0 Å². The highest BCUT2D eigenvalue weighted by molar-refractivity contribution is 5.20. The normalized spacial score (nSPS) is 10.1. The molecule has 0 fully saturated rings. The summed E-state index contributed by atoms with van der Waals surface area (Å²) in [5.74, 6) is 0.958. The van der Waals surface area contributed by atoms with Crippen LogP contribution in [0.2, 0.25) is 0 Å². The third-order valence-corrected chi connectivity index (χ3v) is 2.12. The van der Waals surface area contributed by atoms with Crippen LogP contribution in [-0.2, 0) is 0 Å². The molecule has 1 nitrogen and oxygen atoms in total. The minimum atomic E-state index is 0.730. The molecule has 0 amide bonds. The minimum absolute atomic E-state index is 0.730. The summed E-state index contributed by atoms with van der Waals surface area (Å²) in [6.07, 6.45) is 7.27. The summed E-state index contributed by atoms with van der Waals surface area (Å²) in [5.41, 5.74) is 0. The van der Waals surface area contributed by atoms with Gasteiger partial charge in [0, 0.05) is 0 Å². The van der Waals surface area contributed by atoms with Gasteiger partial charge in [0.25, 0.3) is 0 Å². The van der Waals surface area contributed by atoms with Crippen LogP contribution in [0.25, 0.3) is 0 Å². The van der Waals surface area contributed by atoms with Crippen LogP contribution in [-0.4, -0.2) is 6.61 Å². The highest BCUT2D eigenvalue weighted by atomic mass is 16.5. The van der Waals surface area contributed by atoms with E-state index in [9.17, 15) is 0 Å². The summed E-state index contributed by atoms with van der Waals surface area (Å²) in [5, 5.41) is 0. The van der Waals surface area contributed by atoms with Gasteiger partial charge in [0.05, 0.1) is 6.61 Å². The van der Waals surface area contributed by atoms with Gasteiger partial charge in [0.15, 0.2) is 0 Å². The zero-order valence-corrected chi connectivity index (χ0v) is 8.91. The van der Waals surface area contributed by atoms with E-state index in [1.165, 1.54) is 25.7 Å². The summed E-state index contributed by atoms with van der Waals surface area (Å²) >= 11 is 0. The molecular formula is C13H19O. The first-order valence-corrected chi connectivity index (χ1v) is 5.43. The molecule has 77 valence electrons.